The molecule has 2 aliphatic rings. The highest BCUT2D eigenvalue weighted by Gasteiger charge is 2.36. The van der Waals surface area contributed by atoms with Crippen LogP contribution in [0, 0.1) is 29.4 Å². The monoisotopic (exact) mass is 442 g/mol. The van der Waals surface area contributed by atoms with E-state index >= 15 is 4.39 Å². The molecule has 0 aliphatic heterocycles. The number of fused-ring (bicyclic) bond motifs is 2. The topological polar surface area (TPSA) is 26.3 Å². The quantitative estimate of drug-likeness (QED) is 0.319. The molecule has 2 aromatic carbocycles. The summed E-state index contributed by atoms with van der Waals surface area (Å²) in [6, 6.07) is 6.21. The largest absolute Gasteiger partial charge is 0.465 e. The van der Waals surface area contributed by atoms with Crippen molar-refractivity contribution in [3.8, 4) is 0 Å². The number of hydrogen-bond donors (Lipinski definition) is 0. The second kappa shape index (κ2) is 10.3. The van der Waals surface area contributed by atoms with Gasteiger partial charge in [-0.15, -0.1) is 0 Å². The number of hydrogen-bond acceptors (Lipinski definition) is 2. The van der Waals surface area contributed by atoms with E-state index in [1.54, 1.807) is 0 Å². The van der Waals surface area contributed by atoms with Crippen molar-refractivity contribution in [2.24, 2.45) is 17.8 Å². The van der Waals surface area contributed by atoms with E-state index in [9.17, 15) is 9.18 Å². The number of carbonyl (C=O) groups excluding carboxylic acids is 1. The zero-order valence-electron chi connectivity index (χ0n) is 19.5. The van der Waals surface area contributed by atoms with Crippen LogP contribution in [-0.2, 0) is 4.74 Å². The fourth-order valence-corrected chi connectivity index (χ4v) is 6.30. The van der Waals surface area contributed by atoms with Crippen LogP contribution >= 0.6 is 0 Å². The molecule has 2 fully saturated rings. The zero-order chi connectivity index (χ0) is 22.7. The maximum absolute atomic E-state index is 15.5. The zero-order valence-corrected chi connectivity index (χ0v) is 19.5. The Hall–Kier alpha value is -1.97. The highest BCUT2D eigenvalue weighted by atomic mass is 19.1. The van der Waals surface area contributed by atoms with Gasteiger partial charge in [-0.2, -0.15) is 0 Å². The van der Waals surface area contributed by atoms with Crippen LogP contribution in [0.15, 0.2) is 24.3 Å². The third-order valence-electron chi connectivity index (χ3n) is 8.10. The molecule has 2 aliphatic carbocycles. The summed E-state index contributed by atoms with van der Waals surface area (Å²) >= 11 is 0. The standard InChI is InChI=1S/C28H36F2O2/c1-3-4-5-6-7-18-8-9-20-15-21(11-10-19(20)14-18)23-13-12-22-16-25(28(31)32-2)26(29)17-24(22)27(23)30/h12-13,16-21H,3-11,14-15H2,1-2H3/t18?,19-,20+,21?/m0/s1. The Labute approximate surface area is 190 Å². The maximum Gasteiger partial charge on any atom is 0.340 e. The van der Waals surface area contributed by atoms with Gasteiger partial charge < -0.3 is 4.74 Å². The van der Waals surface area contributed by atoms with E-state index in [4.69, 9.17) is 0 Å². The minimum Gasteiger partial charge on any atom is -0.465 e. The minimum atomic E-state index is -0.742. The van der Waals surface area contributed by atoms with Gasteiger partial charge in [0.1, 0.15) is 11.6 Å². The lowest BCUT2D eigenvalue weighted by Gasteiger charge is -2.42. The van der Waals surface area contributed by atoms with E-state index in [1.807, 2.05) is 12.1 Å². The van der Waals surface area contributed by atoms with Crippen LogP contribution in [0.4, 0.5) is 8.78 Å². The first-order chi connectivity index (χ1) is 15.5. The summed E-state index contributed by atoms with van der Waals surface area (Å²) < 4.78 is 34.5. The average molecular weight is 443 g/mol. The van der Waals surface area contributed by atoms with Gasteiger partial charge in [0.25, 0.3) is 0 Å². The molecule has 0 N–H and O–H groups in total. The van der Waals surface area contributed by atoms with Crippen molar-refractivity contribution in [3.05, 3.63) is 47.0 Å². The Morgan fingerprint density at radius 2 is 1.78 bits per heavy atom. The Bertz CT molecular complexity index is 954. The van der Waals surface area contributed by atoms with E-state index in [1.165, 1.54) is 71.0 Å². The van der Waals surface area contributed by atoms with Crippen molar-refractivity contribution in [2.45, 2.75) is 83.5 Å². The molecule has 2 unspecified atom stereocenters. The predicted molar refractivity (Wildman–Crippen MR) is 125 cm³/mol. The maximum atomic E-state index is 15.5. The molecule has 2 saturated carbocycles. The summed E-state index contributed by atoms with van der Waals surface area (Å²) in [6.45, 7) is 2.26. The lowest BCUT2D eigenvalue weighted by atomic mass is 9.63. The van der Waals surface area contributed by atoms with Crippen LogP contribution in [-0.4, -0.2) is 13.1 Å². The van der Waals surface area contributed by atoms with Crippen LogP contribution in [0.3, 0.4) is 0 Å². The van der Waals surface area contributed by atoms with Gasteiger partial charge in [0.05, 0.1) is 12.7 Å². The summed E-state index contributed by atoms with van der Waals surface area (Å²) in [5.74, 6) is 0.758. The molecule has 0 saturated heterocycles. The third-order valence-corrected chi connectivity index (χ3v) is 8.10. The van der Waals surface area contributed by atoms with Crippen molar-refractivity contribution in [1.82, 2.24) is 0 Å². The van der Waals surface area contributed by atoms with Gasteiger partial charge in [0.2, 0.25) is 0 Å². The Morgan fingerprint density at radius 1 is 1.00 bits per heavy atom. The second-order valence-electron chi connectivity index (χ2n) is 10.1. The van der Waals surface area contributed by atoms with Gasteiger partial charge >= 0.3 is 5.97 Å². The van der Waals surface area contributed by atoms with Gasteiger partial charge in [-0.3, -0.25) is 0 Å². The minimum absolute atomic E-state index is 0.154. The number of rotatable bonds is 7. The van der Waals surface area contributed by atoms with Crippen molar-refractivity contribution < 1.29 is 18.3 Å². The van der Waals surface area contributed by atoms with Gasteiger partial charge in [0.15, 0.2) is 0 Å². The summed E-state index contributed by atoms with van der Waals surface area (Å²) in [5.41, 5.74) is 0.557. The first-order valence-electron chi connectivity index (χ1n) is 12.5. The van der Waals surface area contributed by atoms with Gasteiger partial charge in [-0.25, -0.2) is 13.6 Å². The molecule has 4 heteroatoms. The van der Waals surface area contributed by atoms with Crippen molar-refractivity contribution in [1.29, 1.82) is 0 Å². The molecule has 0 spiro atoms. The summed E-state index contributed by atoms with van der Waals surface area (Å²) in [6.07, 6.45) is 13.9. The van der Waals surface area contributed by atoms with Crippen LogP contribution < -0.4 is 0 Å². The number of halogens is 2. The van der Waals surface area contributed by atoms with Crippen LogP contribution in [0.2, 0.25) is 0 Å². The summed E-state index contributed by atoms with van der Waals surface area (Å²) in [5, 5.41) is 0.788. The van der Waals surface area contributed by atoms with Crippen molar-refractivity contribution >= 4 is 16.7 Å². The van der Waals surface area contributed by atoms with Gasteiger partial charge in [-0.1, -0.05) is 57.6 Å². The van der Waals surface area contributed by atoms with Crippen molar-refractivity contribution in [3.63, 3.8) is 0 Å². The molecule has 0 aromatic heterocycles. The molecule has 0 amide bonds. The predicted octanol–water partition coefficient (Wildman–Crippen LogP) is 8.18. The molecular formula is C28H36F2O2. The molecule has 32 heavy (non-hydrogen) atoms. The molecule has 0 radical (unpaired) electrons. The Kier molecular flexibility index (Phi) is 7.48. The van der Waals surface area contributed by atoms with Crippen LogP contribution in [0.5, 0.6) is 0 Å². The van der Waals surface area contributed by atoms with E-state index in [0.717, 1.165) is 30.7 Å². The van der Waals surface area contributed by atoms with E-state index in [0.29, 0.717) is 16.9 Å². The highest BCUT2D eigenvalue weighted by Crippen LogP contribution is 2.49. The fourth-order valence-electron chi connectivity index (χ4n) is 6.30. The molecule has 4 rings (SSSR count). The number of esters is 1. The van der Waals surface area contributed by atoms with Crippen LogP contribution in [0.25, 0.3) is 10.8 Å². The summed E-state index contributed by atoms with van der Waals surface area (Å²) in [7, 11) is 1.21. The van der Waals surface area contributed by atoms with E-state index in [-0.39, 0.29) is 22.7 Å². The molecule has 4 atom stereocenters. The molecule has 0 heterocycles. The van der Waals surface area contributed by atoms with E-state index in [2.05, 4.69) is 11.7 Å². The first-order valence-corrected chi connectivity index (χ1v) is 12.5. The number of ether oxygens (including phenoxy) is 1. The molecule has 174 valence electrons. The van der Waals surface area contributed by atoms with Crippen LogP contribution in [0.1, 0.15) is 99.4 Å². The SMILES string of the molecule is CCCCCCC1CC[C@@H]2CC(c3ccc4cc(C(=O)OC)c(F)cc4c3F)CC[C@H]2C1. The number of methoxy groups -OCH3 is 1. The van der Waals surface area contributed by atoms with Gasteiger partial charge in [-0.05, 0) is 78.9 Å². The normalized spacial score (nSPS) is 25.5. The van der Waals surface area contributed by atoms with Crippen molar-refractivity contribution in [2.75, 3.05) is 7.11 Å². The lowest BCUT2D eigenvalue weighted by Crippen LogP contribution is -2.30. The number of carbonyl (C=O) groups is 1. The Morgan fingerprint density at radius 3 is 2.56 bits per heavy atom. The Balaban J connectivity index is 1.45. The highest BCUT2D eigenvalue weighted by molar-refractivity contribution is 5.96. The molecule has 2 aromatic rings. The van der Waals surface area contributed by atoms with E-state index < -0.39 is 11.8 Å². The first kappa shape index (κ1) is 23.2. The molecular weight excluding hydrogens is 406 g/mol. The third kappa shape index (κ3) is 4.84. The number of benzene rings is 2. The molecule has 0 bridgehead atoms. The average Bonchev–Trinajstić information content (AvgIpc) is 2.81. The number of unbranched alkanes of at least 4 members (excludes halogenated alkanes) is 3. The summed E-state index contributed by atoms with van der Waals surface area (Å²) in [4.78, 5) is 11.8. The fraction of sp³-hybridized carbons (Fsp3) is 0.607. The smallest absolute Gasteiger partial charge is 0.340 e. The van der Waals surface area contributed by atoms with Gasteiger partial charge in [0, 0.05) is 5.39 Å². The second-order valence-corrected chi connectivity index (χ2v) is 10.1. The molecule has 2 nitrogen and oxygen atoms in total. The lowest BCUT2D eigenvalue weighted by molar-refractivity contribution is 0.0595.